The molecule has 0 fully saturated rings. The zero-order valence-electron chi connectivity index (χ0n) is 12.2. The van der Waals surface area contributed by atoms with Crippen LogP contribution in [0.1, 0.15) is 26.3 Å². The first-order chi connectivity index (χ1) is 11.5. The van der Waals surface area contributed by atoms with Crippen molar-refractivity contribution in [1.82, 2.24) is 10.2 Å². The average molecular weight is 327 g/mol. The van der Waals surface area contributed by atoms with Crippen molar-refractivity contribution in [3.05, 3.63) is 70.8 Å². The quantitative estimate of drug-likeness (QED) is 0.569. The highest BCUT2D eigenvalue weighted by Gasteiger charge is 2.23. The number of nitrogens with one attached hydrogen (secondary N) is 1. The van der Waals surface area contributed by atoms with Crippen molar-refractivity contribution >= 4 is 17.9 Å². The molecule has 5 nitrogen and oxygen atoms in total. The van der Waals surface area contributed by atoms with Crippen LogP contribution >= 0.6 is 0 Å². The largest absolute Gasteiger partial charge is 0.382 e. The summed E-state index contributed by atoms with van der Waals surface area (Å²) in [6, 6.07) is 8.95. The van der Waals surface area contributed by atoms with Crippen LogP contribution in [-0.4, -0.2) is 22.3 Å². The summed E-state index contributed by atoms with van der Waals surface area (Å²) >= 11 is 0. The van der Waals surface area contributed by atoms with Crippen molar-refractivity contribution in [3.8, 4) is 11.3 Å². The number of carbonyl (C=O) groups excluding carboxylic acids is 2. The predicted molar refractivity (Wildman–Crippen MR) is 83.6 cm³/mol. The highest BCUT2D eigenvalue weighted by molar-refractivity contribution is 6.15. The van der Waals surface area contributed by atoms with Gasteiger partial charge in [0.05, 0.1) is 11.3 Å². The first-order valence-corrected chi connectivity index (χ1v) is 6.90. The number of nitrogen functional groups attached to an aromatic ring is 1. The monoisotopic (exact) mass is 327 g/mol. The third-order valence-electron chi connectivity index (χ3n) is 3.51. The van der Waals surface area contributed by atoms with E-state index in [9.17, 15) is 18.4 Å². The van der Waals surface area contributed by atoms with Crippen molar-refractivity contribution in [2.75, 3.05) is 5.73 Å². The van der Waals surface area contributed by atoms with E-state index in [1.807, 2.05) is 0 Å². The van der Waals surface area contributed by atoms with Gasteiger partial charge in [0.2, 0.25) is 0 Å². The van der Waals surface area contributed by atoms with Gasteiger partial charge in [0.1, 0.15) is 17.9 Å². The number of nitrogens with zero attached hydrogens (tertiary/aromatic N) is 1. The topological polar surface area (TPSA) is 88.8 Å². The van der Waals surface area contributed by atoms with Crippen LogP contribution in [-0.2, 0) is 0 Å². The number of H-pyrrole nitrogens is 1. The van der Waals surface area contributed by atoms with Crippen LogP contribution in [0, 0.1) is 11.6 Å². The zero-order valence-corrected chi connectivity index (χ0v) is 12.2. The smallest absolute Gasteiger partial charge is 0.199 e. The van der Waals surface area contributed by atoms with Gasteiger partial charge in [-0.25, -0.2) is 8.78 Å². The molecule has 3 aromatic rings. The molecule has 3 rings (SSSR count). The van der Waals surface area contributed by atoms with Gasteiger partial charge in [-0.05, 0) is 18.2 Å². The first-order valence-electron chi connectivity index (χ1n) is 6.90. The number of hydrogen-bond acceptors (Lipinski definition) is 4. The SMILES string of the molecule is Nc1n[nH]c(-c2ccc(F)cc2F)c1C(=O)c1cccc(C=O)c1. The van der Waals surface area contributed by atoms with Gasteiger partial charge >= 0.3 is 0 Å². The highest BCUT2D eigenvalue weighted by atomic mass is 19.1. The normalized spacial score (nSPS) is 10.6. The Kier molecular flexibility index (Phi) is 3.91. The Morgan fingerprint density at radius 2 is 1.96 bits per heavy atom. The van der Waals surface area contributed by atoms with Gasteiger partial charge in [-0.15, -0.1) is 0 Å². The van der Waals surface area contributed by atoms with Crippen molar-refractivity contribution in [3.63, 3.8) is 0 Å². The molecule has 0 aliphatic heterocycles. The summed E-state index contributed by atoms with van der Waals surface area (Å²) in [5.41, 5.74) is 6.24. The number of aromatic amines is 1. The van der Waals surface area contributed by atoms with E-state index < -0.39 is 17.4 Å². The van der Waals surface area contributed by atoms with Crippen molar-refractivity contribution in [2.24, 2.45) is 0 Å². The maximum Gasteiger partial charge on any atom is 0.199 e. The van der Waals surface area contributed by atoms with Crippen LogP contribution in [0.5, 0.6) is 0 Å². The van der Waals surface area contributed by atoms with Gasteiger partial charge in [-0.2, -0.15) is 5.10 Å². The fourth-order valence-corrected chi connectivity index (χ4v) is 2.37. The number of aldehydes is 1. The molecule has 0 spiro atoms. The molecule has 1 heterocycles. The van der Waals surface area contributed by atoms with Gasteiger partial charge < -0.3 is 5.73 Å². The lowest BCUT2D eigenvalue weighted by atomic mass is 9.98. The standard InChI is InChI=1S/C17H11F2N3O2/c18-11-4-5-12(13(19)7-11)15-14(17(20)22-21-15)16(24)10-3-1-2-9(6-10)8-23/h1-8H,(H3,20,21,22). The molecule has 120 valence electrons. The van der Waals surface area contributed by atoms with E-state index in [1.54, 1.807) is 12.1 Å². The predicted octanol–water partition coefficient (Wildman–Crippen LogP) is 2.98. The second kappa shape index (κ2) is 6.04. The number of nitrogens with two attached hydrogens (primary N) is 1. The number of halogens is 2. The number of rotatable bonds is 4. The first kappa shape index (κ1) is 15.5. The molecule has 0 aliphatic carbocycles. The van der Waals surface area contributed by atoms with E-state index >= 15 is 0 Å². The Hall–Kier alpha value is -3.35. The van der Waals surface area contributed by atoms with Crippen molar-refractivity contribution in [2.45, 2.75) is 0 Å². The second-order valence-corrected chi connectivity index (χ2v) is 5.06. The fraction of sp³-hybridized carbons (Fsp3) is 0. The number of benzene rings is 2. The Labute approximate surface area is 135 Å². The fourth-order valence-electron chi connectivity index (χ4n) is 2.37. The summed E-state index contributed by atoms with van der Waals surface area (Å²) in [5, 5.41) is 6.25. The van der Waals surface area contributed by atoms with Crippen LogP contribution in [0.15, 0.2) is 42.5 Å². The van der Waals surface area contributed by atoms with E-state index in [0.29, 0.717) is 17.9 Å². The van der Waals surface area contributed by atoms with Crippen LogP contribution in [0.3, 0.4) is 0 Å². The lowest BCUT2D eigenvalue weighted by Gasteiger charge is -2.06. The summed E-state index contributed by atoms with van der Waals surface area (Å²) in [4.78, 5) is 23.6. The molecular formula is C17H11F2N3O2. The summed E-state index contributed by atoms with van der Waals surface area (Å²) < 4.78 is 27.1. The molecule has 1 aromatic heterocycles. The van der Waals surface area contributed by atoms with Gasteiger partial charge in [0.15, 0.2) is 11.6 Å². The van der Waals surface area contributed by atoms with E-state index in [0.717, 1.165) is 6.07 Å². The summed E-state index contributed by atoms with van der Waals surface area (Å²) in [5.74, 6) is -2.23. The molecule has 24 heavy (non-hydrogen) atoms. The Balaban J connectivity index is 2.13. The van der Waals surface area contributed by atoms with Crippen LogP contribution in [0.25, 0.3) is 11.3 Å². The molecule has 0 radical (unpaired) electrons. The average Bonchev–Trinajstić information content (AvgIpc) is 2.95. The third kappa shape index (κ3) is 2.67. The lowest BCUT2D eigenvalue weighted by molar-refractivity contribution is 0.104. The molecule has 0 saturated heterocycles. The minimum absolute atomic E-state index is 0.0320. The van der Waals surface area contributed by atoms with Crippen LogP contribution < -0.4 is 5.73 Å². The maximum atomic E-state index is 14.0. The number of carbonyl (C=O) groups is 2. The lowest BCUT2D eigenvalue weighted by Crippen LogP contribution is -2.06. The maximum absolute atomic E-state index is 14.0. The van der Waals surface area contributed by atoms with E-state index in [2.05, 4.69) is 10.2 Å². The van der Waals surface area contributed by atoms with Crippen LogP contribution in [0.4, 0.5) is 14.6 Å². The van der Waals surface area contributed by atoms with Gasteiger partial charge in [-0.1, -0.05) is 18.2 Å². The molecule has 0 atom stereocenters. The molecule has 0 bridgehead atoms. The Morgan fingerprint density at radius 1 is 1.17 bits per heavy atom. The molecule has 3 N–H and O–H groups in total. The number of ketones is 1. The summed E-state index contributed by atoms with van der Waals surface area (Å²) in [6.45, 7) is 0. The zero-order chi connectivity index (χ0) is 17.3. The highest BCUT2D eigenvalue weighted by Crippen LogP contribution is 2.30. The molecule has 0 unspecified atom stereocenters. The Morgan fingerprint density at radius 3 is 2.67 bits per heavy atom. The third-order valence-corrected chi connectivity index (χ3v) is 3.51. The number of aromatic nitrogens is 2. The summed E-state index contributed by atoms with van der Waals surface area (Å²) in [7, 11) is 0. The second-order valence-electron chi connectivity index (χ2n) is 5.06. The number of hydrogen-bond donors (Lipinski definition) is 2. The van der Waals surface area contributed by atoms with E-state index in [4.69, 9.17) is 5.73 Å². The molecule has 0 saturated carbocycles. The molecular weight excluding hydrogens is 316 g/mol. The van der Waals surface area contributed by atoms with Crippen LogP contribution in [0.2, 0.25) is 0 Å². The van der Waals surface area contributed by atoms with Gasteiger partial charge in [0, 0.05) is 22.8 Å². The molecule has 0 amide bonds. The molecule has 0 aliphatic rings. The number of anilines is 1. The van der Waals surface area contributed by atoms with Crippen molar-refractivity contribution < 1.29 is 18.4 Å². The minimum atomic E-state index is -0.852. The summed E-state index contributed by atoms with van der Waals surface area (Å²) in [6.07, 6.45) is 0.607. The van der Waals surface area contributed by atoms with E-state index in [1.165, 1.54) is 18.2 Å². The minimum Gasteiger partial charge on any atom is -0.382 e. The van der Waals surface area contributed by atoms with E-state index in [-0.39, 0.29) is 28.2 Å². The molecule has 7 heteroatoms. The Bertz CT molecular complexity index is 951. The van der Waals surface area contributed by atoms with Gasteiger partial charge in [0.25, 0.3) is 0 Å². The van der Waals surface area contributed by atoms with Gasteiger partial charge in [-0.3, -0.25) is 14.7 Å². The molecule has 2 aromatic carbocycles. The van der Waals surface area contributed by atoms with Crippen molar-refractivity contribution in [1.29, 1.82) is 0 Å².